The van der Waals surface area contributed by atoms with Crippen LogP contribution in [0.25, 0.3) is 0 Å². The SMILES string of the molecule is C=C(C)C[C@@H](C[C@]1(C)OC(=O)[C@]23CC[C@@H]4C(=CC[C@H]5C(C)(C)[C@@H](O[C@@H]6OC[C@@H](O[C@@H]7O[C@H](CO)[C@@H](O)[C@H](O)[C@H]7O)[C@H](O)[C@H]6O[C@@H]6O[C@H](C)[C@@H](O[C@@H]7OC[C@@H](O)[C@H](O[C@@H]8O[C@H](CO)[C@@H](O)[C@H](OC)[C@H]8O)[C@H]7O)[C@H](O)[C@H]6O)CC[C@]45C)[C@]2(C)CC[C@@H]31)OC(C)=O. The third kappa shape index (κ3) is 11.8. The average Bonchev–Trinajstić information content (AvgIpc) is 1.45. The molecule has 0 amide bonds. The van der Waals surface area contributed by atoms with Crippen molar-refractivity contribution in [1.29, 1.82) is 0 Å². The molecule has 1 spiro atoms. The van der Waals surface area contributed by atoms with Crippen molar-refractivity contribution in [3.8, 4) is 0 Å². The second kappa shape index (κ2) is 26.0. The van der Waals surface area contributed by atoms with E-state index < -0.39 is 208 Å². The van der Waals surface area contributed by atoms with Gasteiger partial charge in [-0.05, 0) is 88.4 Å². The summed E-state index contributed by atoms with van der Waals surface area (Å²) >= 11 is 0. The Labute approximate surface area is 512 Å². The molecular formula is C61H96O27. The Hall–Kier alpha value is -2.50. The van der Waals surface area contributed by atoms with Crippen LogP contribution in [0.2, 0.25) is 0 Å². The third-order valence-electron chi connectivity index (χ3n) is 22.2. The molecule has 6 heterocycles. The highest BCUT2D eigenvalue weighted by molar-refractivity contribution is 5.83. The number of carbonyl (C=O) groups is 2. The molecule has 0 aromatic rings. The molecule has 0 bridgehead atoms. The number of ether oxygens (including phenoxy) is 13. The minimum absolute atomic E-state index is 0.0287. The summed E-state index contributed by atoms with van der Waals surface area (Å²) in [6, 6.07) is 0. The lowest BCUT2D eigenvalue weighted by atomic mass is 9.41. The monoisotopic (exact) mass is 1260 g/mol. The van der Waals surface area contributed by atoms with Gasteiger partial charge in [-0.3, -0.25) is 9.59 Å². The molecule has 0 aromatic heterocycles. The summed E-state index contributed by atoms with van der Waals surface area (Å²) in [6.07, 6.45) is -29.8. The van der Waals surface area contributed by atoms with Crippen LogP contribution in [0.1, 0.15) is 113 Å². The van der Waals surface area contributed by atoms with Crippen LogP contribution in [0.4, 0.5) is 0 Å². The molecule has 0 unspecified atom stereocenters. The van der Waals surface area contributed by atoms with Gasteiger partial charge >= 0.3 is 11.9 Å². The molecule has 9 fully saturated rings. The number of hydrogen-bond donors (Lipinski definition) is 12. The Balaban J connectivity index is 0.857. The Morgan fingerprint density at radius 2 is 1.26 bits per heavy atom. The number of rotatable bonds is 18. The molecule has 502 valence electrons. The lowest BCUT2D eigenvalue weighted by Gasteiger charge is -2.64. The normalized spacial score (nSPS) is 51.2. The summed E-state index contributed by atoms with van der Waals surface area (Å²) in [7, 11) is 1.21. The second-order valence-corrected chi connectivity index (χ2v) is 27.9. The van der Waals surface area contributed by atoms with Crippen molar-refractivity contribution in [3.63, 3.8) is 0 Å². The van der Waals surface area contributed by atoms with Crippen LogP contribution in [-0.2, 0) is 71.2 Å². The average molecular weight is 1260 g/mol. The molecular weight excluding hydrogens is 1160 g/mol. The van der Waals surface area contributed by atoms with Crippen LogP contribution < -0.4 is 0 Å². The number of hydrogen-bond acceptors (Lipinski definition) is 27. The van der Waals surface area contributed by atoms with Gasteiger partial charge in [0.2, 0.25) is 0 Å². The summed E-state index contributed by atoms with van der Waals surface area (Å²) in [5.74, 6) is -0.542. The van der Waals surface area contributed by atoms with Crippen molar-refractivity contribution in [3.05, 3.63) is 23.8 Å². The van der Waals surface area contributed by atoms with Gasteiger partial charge in [0.25, 0.3) is 0 Å². The predicted molar refractivity (Wildman–Crippen MR) is 298 cm³/mol. The predicted octanol–water partition coefficient (Wildman–Crippen LogP) is -1.38. The van der Waals surface area contributed by atoms with Gasteiger partial charge in [0.1, 0.15) is 115 Å². The number of aliphatic hydroxyl groups excluding tert-OH is 12. The number of cyclic esters (lactones) is 1. The van der Waals surface area contributed by atoms with E-state index in [9.17, 15) is 70.9 Å². The molecule has 10 rings (SSSR count). The zero-order valence-electron chi connectivity index (χ0n) is 51.6. The summed E-state index contributed by atoms with van der Waals surface area (Å²) < 4.78 is 78.2. The van der Waals surface area contributed by atoms with E-state index in [2.05, 4.69) is 40.3 Å². The largest absolute Gasteiger partial charge is 0.462 e. The first-order valence-corrected chi connectivity index (χ1v) is 31.2. The molecule has 32 atom stereocenters. The van der Waals surface area contributed by atoms with E-state index in [4.69, 9.17) is 61.6 Å². The number of allylic oxidation sites excluding steroid dienone is 2. The van der Waals surface area contributed by atoms with E-state index in [1.54, 1.807) is 0 Å². The Bertz CT molecular complexity index is 2490. The zero-order valence-corrected chi connectivity index (χ0v) is 51.6. The van der Waals surface area contributed by atoms with Crippen molar-refractivity contribution >= 4 is 11.9 Å². The van der Waals surface area contributed by atoms with Crippen molar-refractivity contribution in [1.82, 2.24) is 0 Å². The molecule has 88 heavy (non-hydrogen) atoms. The van der Waals surface area contributed by atoms with Gasteiger partial charge in [0, 0.05) is 38.2 Å². The van der Waals surface area contributed by atoms with E-state index in [-0.39, 0.29) is 29.1 Å². The molecule has 6 aliphatic heterocycles. The number of methoxy groups -OCH3 is 1. The van der Waals surface area contributed by atoms with E-state index in [1.165, 1.54) is 26.5 Å². The first kappa shape index (κ1) is 68.4. The smallest absolute Gasteiger partial charge is 0.313 e. The van der Waals surface area contributed by atoms with Crippen LogP contribution >= 0.6 is 0 Å². The highest BCUT2D eigenvalue weighted by Gasteiger charge is 2.76. The van der Waals surface area contributed by atoms with Crippen molar-refractivity contribution < 1.29 is 132 Å². The van der Waals surface area contributed by atoms with Gasteiger partial charge in [-0.2, -0.15) is 0 Å². The van der Waals surface area contributed by atoms with Gasteiger partial charge in [0.15, 0.2) is 31.5 Å². The molecule has 0 aromatic carbocycles. The maximum atomic E-state index is 14.7. The number of fused-ring (bicyclic) bond motifs is 4. The van der Waals surface area contributed by atoms with Crippen LogP contribution in [0.3, 0.4) is 0 Å². The van der Waals surface area contributed by atoms with E-state index in [0.717, 1.165) is 24.8 Å². The summed E-state index contributed by atoms with van der Waals surface area (Å²) in [5, 5.41) is 132. The van der Waals surface area contributed by atoms with Crippen LogP contribution in [-0.4, -0.2) is 266 Å². The molecule has 27 heteroatoms. The molecule has 27 nitrogen and oxygen atoms in total. The minimum Gasteiger partial charge on any atom is -0.462 e. The molecule has 6 saturated heterocycles. The number of aliphatic hydroxyl groups is 12. The molecule has 0 radical (unpaired) electrons. The Morgan fingerprint density at radius 1 is 0.648 bits per heavy atom. The van der Waals surface area contributed by atoms with E-state index in [0.29, 0.717) is 38.5 Å². The molecule has 4 aliphatic carbocycles. The van der Waals surface area contributed by atoms with E-state index >= 15 is 0 Å². The van der Waals surface area contributed by atoms with Crippen LogP contribution in [0.5, 0.6) is 0 Å². The van der Waals surface area contributed by atoms with Crippen LogP contribution in [0, 0.1) is 39.4 Å². The van der Waals surface area contributed by atoms with Crippen molar-refractivity contribution in [2.75, 3.05) is 33.5 Å². The summed E-state index contributed by atoms with van der Waals surface area (Å²) in [6.45, 7) is 17.3. The molecule has 12 N–H and O–H groups in total. The fourth-order valence-corrected chi connectivity index (χ4v) is 17.7. The number of esters is 2. The first-order chi connectivity index (χ1) is 41.4. The highest BCUT2D eigenvalue weighted by Crippen LogP contribution is 2.76. The van der Waals surface area contributed by atoms with Gasteiger partial charge in [-0.15, -0.1) is 6.58 Å². The topological polar surface area (TPSA) is 397 Å². The lowest BCUT2D eigenvalue weighted by Crippen LogP contribution is -2.66. The summed E-state index contributed by atoms with van der Waals surface area (Å²) in [5.41, 5.74) is -0.808. The number of carbonyl (C=O) groups excluding carboxylic acids is 2. The van der Waals surface area contributed by atoms with Crippen molar-refractivity contribution in [2.45, 2.75) is 272 Å². The quantitative estimate of drug-likeness (QED) is 0.0556. The maximum Gasteiger partial charge on any atom is 0.313 e. The van der Waals surface area contributed by atoms with Crippen molar-refractivity contribution in [2.24, 2.45) is 39.4 Å². The Morgan fingerprint density at radius 3 is 1.92 bits per heavy atom. The minimum atomic E-state index is -1.96. The zero-order chi connectivity index (χ0) is 64.1. The fourth-order valence-electron chi connectivity index (χ4n) is 17.7. The fraction of sp³-hybridized carbons (Fsp3) is 0.902. The first-order valence-electron chi connectivity index (χ1n) is 31.2. The second-order valence-electron chi connectivity index (χ2n) is 27.9. The summed E-state index contributed by atoms with van der Waals surface area (Å²) in [4.78, 5) is 26.9. The van der Waals surface area contributed by atoms with Gasteiger partial charge in [0.05, 0.1) is 44.1 Å². The van der Waals surface area contributed by atoms with Gasteiger partial charge in [-0.25, -0.2) is 0 Å². The van der Waals surface area contributed by atoms with Crippen LogP contribution in [0.15, 0.2) is 23.8 Å². The Kier molecular flexibility index (Phi) is 20.2. The third-order valence-corrected chi connectivity index (χ3v) is 22.2. The van der Waals surface area contributed by atoms with E-state index in [1.807, 2.05) is 13.8 Å². The molecule has 3 saturated carbocycles. The van der Waals surface area contributed by atoms with Gasteiger partial charge in [-0.1, -0.05) is 44.9 Å². The highest BCUT2D eigenvalue weighted by atomic mass is 16.8. The molecule has 10 aliphatic rings. The lowest BCUT2D eigenvalue weighted by molar-refractivity contribution is -0.390. The standard InChI is InChI=1S/C61H96O27/c1-25(2)19-28(80-27(4)64)20-60(9)36-14-17-59(8)30-11-12-35-57(5,6)37(15-16-58(35,7)29(30)13-18-61(36,59)56(75)88-60)84-55-50(40(68)34(24-78-55)83-53-43(71)41(69)38(66)32(21-62)81-53)87-52-44(72)42(70)47(26(3)79-52)85-51-45(73)48(31(65)23-77-51)86-54-46(74)49(76-10)39(67)33(22-63)82-54/h11,26,28-29,31-55,62-63,65-74H,1,12-24H2,2-10H3/t26-,28+,29-,31-,32-,33-,34-,35+,36-,37+,38-,39-,40+,41+,42-,43-,44-,45-,46-,47-,48+,49+,50-,51+,52+,53+,54+,55+,58-,59+,60+,61-/m1/s1. The maximum absolute atomic E-state index is 14.7. The van der Waals surface area contributed by atoms with Gasteiger partial charge < -0.3 is 123 Å².